The van der Waals surface area contributed by atoms with E-state index in [4.69, 9.17) is 29.2 Å². The molecule has 62 heavy (non-hydrogen) atoms. The van der Waals surface area contributed by atoms with E-state index in [0.29, 0.717) is 99.2 Å². The molecule has 0 spiro atoms. The number of carboxylic acids is 2. The molecule has 14 nitrogen and oxygen atoms in total. The summed E-state index contributed by atoms with van der Waals surface area (Å²) >= 11 is 0. The van der Waals surface area contributed by atoms with E-state index in [-0.39, 0.29) is 24.8 Å². The van der Waals surface area contributed by atoms with E-state index in [1.54, 1.807) is 24.3 Å². The standard InChI is InChI=1S/2C22H37NO4.C4H4O4/c2*1-5-7-8-9-12-26-15-19-13-18(21(25)6-2)10-11-22(19)27-16-20(24)14-23-17(3)4;5-3(6)1-2-4(7)8/h2*10-11,13,17,20,23-24H,5-9,12,14-16H2,1-4H3;1-2H,(H,5,6)(H,7,8)/b;;2-1+. The van der Waals surface area contributed by atoms with Crippen LogP contribution in [0.4, 0.5) is 0 Å². The highest BCUT2D eigenvalue weighted by Gasteiger charge is 2.14. The molecule has 2 atom stereocenters. The average molecular weight is 875 g/mol. The summed E-state index contributed by atoms with van der Waals surface area (Å²) in [6, 6.07) is 11.5. The molecule has 2 unspecified atom stereocenters. The molecule has 0 bridgehead atoms. The number of ether oxygens (including phenoxy) is 4. The van der Waals surface area contributed by atoms with Crippen molar-refractivity contribution in [1.82, 2.24) is 10.6 Å². The van der Waals surface area contributed by atoms with Gasteiger partial charge in [-0.25, -0.2) is 9.59 Å². The normalized spacial score (nSPS) is 12.0. The predicted molar refractivity (Wildman–Crippen MR) is 243 cm³/mol. The zero-order valence-corrected chi connectivity index (χ0v) is 38.7. The minimum Gasteiger partial charge on any atom is -0.490 e. The molecule has 352 valence electrons. The Hall–Kier alpha value is -4.18. The number of unbranched alkanes of at least 4 members (excludes halogenated alkanes) is 6. The summed E-state index contributed by atoms with van der Waals surface area (Å²) in [7, 11) is 0. The lowest BCUT2D eigenvalue weighted by molar-refractivity contribution is -0.134. The number of Topliss-reactive ketones (excluding diaryl/α,β-unsaturated/α-hetero) is 2. The van der Waals surface area contributed by atoms with Crippen LogP contribution >= 0.6 is 0 Å². The van der Waals surface area contributed by atoms with Crippen molar-refractivity contribution in [3.8, 4) is 11.5 Å². The van der Waals surface area contributed by atoms with Crippen LogP contribution in [0.15, 0.2) is 48.6 Å². The number of carbonyl (C=O) groups excluding carboxylic acids is 2. The Morgan fingerprint density at radius 3 is 1.26 bits per heavy atom. The smallest absolute Gasteiger partial charge is 0.328 e. The third kappa shape index (κ3) is 30.0. The van der Waals surface area contributed by atoms with E-state index in [0.717, 1.165) is 24.0 Å². The van der Waals surface area contributed by atoms with Crippen LogP contribution in [0.2, 0.25) is 0 Å². The highest BCUT2D eigenvalue weighted by Crippen LogP contribution is 2.24. The van der Waals surface area contributed by atoms with Crippen molar-refractivity contribution in [2.75, 3.05) is 39.5 Å². The van der Waals surface area contributed by atoms with Gasteiger partial charge in [0, 0.05) is 85.6 Å². The summed E-state index contributed by atoms with van der Waals surface area (Å²) in [6.07, 6.45) is 10.1. The van der Waals surface area contributed by atoms with Gasteiger partial charge >= 0.3 is 11.9 Å². The zero-order chi connectivity index (χ0) is 46.7. The van der Waals surface area contributed by atoms with Gasteiger partial charge in [0.15, 0.2) is 11.6 Å². The Labute approximate surface area is 370 Å². The SMILES string of the molecule is CCCCCCOCc1cc(C(=O)CC)ccc1OCC(O)CNC(C)C.CCCCCCOCc1cc(C(=O)CC)ccc1OCC(O)CNC(C)C.O=C(O)/C=C/C(=O)O. The average Bonchev–Trinajstić information content (AvgIpc) is 3.25. The number of hydrogen-bond acceptors (Lipinski definition) is 12. The van der Waals surface area contributed by atoms with E-state index in [9.17, 15) is 29.4 Å². The largest absolute Gasteiger partial charge is 0.490 e. The number of aliphatic hydroxyl groups excluding tert-OH is 2. The van der Waals surface area contributed by atoms with Gasteiger partial charge in [-0.15, -0.1) is 0 Å². The maximum Gasteiger partial charge on any atom is 0.328 e. The Balaban J connectivity index is 0.00000102. The van der Waals surface area contributed by atoms with Crippen LogP contribution in [0.1, 0.15) is 151 Å². The van der Waals surface area contributed by atoms with Crippen molar-refractivity contribution < 1.29 is 58.6 Å². The van der Waals surface area contributed by atoms with Crippen molar-refractivity contribution in [2.45, 2.75) is 157 Å². The topological polar surface area (TPSA) is 210 Å². The van der Waals surface area contributed by atoms with Crippen LogP contribution in [0.3, 0.4) is 0 Å². The van der Waals surface area contributed by atoms with Crippen LogP contribution in [-0.2, 0) is 32.3 Å². The molecule has 0 aliphatic heterocycles. The highest BCUT2D eigenvalue weighted by molar-refractivity contribution is 5.96. The minimum absolute atomic E-state index is 0.104. The van der Waals surface area contributed by atoms with Crippen LogP contribution in [-0.4, -0.2) is 108 Å². The number of benzene rings is 2. The molecule has 0 saturated carbocycles. The second-order valence-electron chi connectivity index (χ2n) is 15.5. The van der Waals surface area contributed by atoms with E-state index in [1.165, 1.54) is 38.5 Å². The van der Waals surface area contributed by atoms with E-state index in [2.05, 4.69) is 24.5 Å². The van der Waals surface area contributed by atoms with Crippen LogP contribution in [0.25, 0.3) is 0 Å². The summed E-state index contributed by atoms with van der Waals surface area (Å²) in [5.41, 5.74) is 3.07. The van der Waals surface area contributed by atoms with Crippen molar-refractivity contribution >= 4 is 23.5 Å². The first-order valence-corrected chi connectivity index (χ1v) is 22.3. The van der Waals surface area contributed by atoms with Crippen molar-refractivity contribution in [2.24, 2.45) is 0 Å². The van der Waals surface area contributed by atoms with Crippen molar-refractivity contribution in [3.63, 3.8) is 0 Å². The van der Waals surface area contributed by atoms with Crippen LogP contribution in [0, 0.1) is 0 Å². The number of rotatable bonds is 32. The van der Waals surface area contributed by atoms with E-state index in [1.807, 2.05) is 53.7 Å². The number of aliphatic hydroxyl groups is 2. The molecule has 0 aliphatic rings. The molecule has 0 radical (unpaired) electrons. The lowest BCUT2D eigenvalue weighted by atomic mass is 10.1. The Morgan fingerprint density at radius 2 is 0.952 bits per heavy atom. The first-order valence-electron chi connectivity index (χ1n) is 22.3. The molecule has 0 aromatic heterocycles. The Morgan fingerprint density at radius 1 is 0.581 bits per heavy atom. The molecule has 0 amide bonds. The van der Waals surface area contributed by atoms with E-state index < -0.39 is 24.1 Å². The van der Waals surface area contributed by atoms with Gasteiger partial charge in [-0.2, -0.15) is 0 Å². The van der Waals surface area contributed by atoms with Crippen LogP contribution < -0.4 is 20.1 Å². The number of hydrogen-bond donors (Lipinski definition) is 6. The summed E-state index contributed by atoms with van der Waals surface area (Å²) < 4.78 is 23.2. The fourth-order valence-corrected chi connectivity index (χ4v) is 5.42. The first-order chi connectivity index (χ1) is 29.6. The van der Waals surface area contributed by atoms with Gasteiger partial charge in [0.05, 0.1) is 13.2 Å². The minimum atomic E-state index is -1.26. The number of carbonyl (C=O) groups is 4. The number of carboxylic acid groups (broad SMARTS) is 2. The van der Waals surface area contributed by atoms with Gasteiger partial charge < -0.3 is 50.0 Å². The maximum absolute atomic E-state index is 12.0. The molecule has 0 aliphatic carbocycles. The zero-order valence-electron chi connectivity index (χ0n) is 38.7. The fourth-order valence-electron chi connectivity index (χ4n) is 5.42. The number of aliphatic carboxylic acids is 2. The second-order valence-corrected chi connectivity index (χ2v) is 15.5. The number of ketones is 2. The third-order valence-corrected chi connectivity index (χ3v) is 8.96. The summed E-state index contributed by atoms with van der Waals surface area (Å²) in [4.78, 5) is 43.1. The molecule has 2 aromatic carbocycles. The molecule has 14 heteroatoms. The van der Waals surface area contributed by atoms with Gasteiger partial charge in [-0.3, -0.25) is 9.59 Å². The van der Waals surface area contributed by atoms with E-state index >= 15 is 0 Å². The van der Waals surface area contributed by atoms with Crippen LogP contribution in [0.5, 0.6) is 11.5 Å². The Bertz CT molecular complexity index is 1450. The molecule has 0 saturated heterocycles. The predicted octanol–water partition coefficient (Wildman–Crippen LogP) is 7.94. The first kappa shape index (κ1) is 57.8. The monoisotopic (exact) mass is 875 g/mol. The lowest BCUT2D eigenvalue weighted by Gasteiger charge is -2.17. The van der Waals surface area contributed by atoms with Gasteiger partial charge in [-0.1, -0.05) is 93.9 Å². The summed E-state index contributed by atoms with van der Waals surface area (Å²) in [6.45, 7) is 19.8. The maximum atomic E-state index is 12.0. The summed E-state index contributed by atoms with van der Waals surface area (Å²) in [5.74, 6) is -0.974. The van der Waals surface area contributed by atoms with Crippen molar-refractivity contribution in [1.29, 1.82) is 0 Å². The Kier molecular flexibility index (Phi) is 33.9. The van der Waals surface area contributed by atoms with Crippen molar-refractivity contribution in [3.05, 3.63) is 70.8 Å². The molecular weight excluding hydrogens is 797 g/mol. The van der Waals surface area contributed by atoms with Gasteiger partial charge in [0.1, 0.15) is 36.9 Å². The molecule has 6 N–H and O–H groups in total. The fraction of sp³-hybridized carbons (Fsp3) is 0.625. The summed E-state index contributed by atoms with van der Waals surface area (Å²) in [5, 5.41) is 42.1. The lowest BCUT2D eigenvalue weighted by Crippen LogP contribution is -2.35. The molecule has 0 fully saturated rings. The third-order valence-electron chi connectivity index (χ3n) is 8.96. The molecular formula is C48H78N2O12. The van der Waals surface area contributed by atoms with Gasteiger partial charge in [-0.05, 0) is 49.2 Å². The molecule has 2 aromatic rings. The highest BCUT2D eigenvalue weighted by atomic mass is 16.5. The number of nitrogens with one attached hydrogen (secondary N) is 2. The molecule has 0 heterocycles. The van der Waals surface area contributed by atoms with Gasteiger partial charge in [0.2, 0.25) is 0 Å². The quantitative estimate of drug-likeness (QED) is 0.0234. The van der Waals surface area contributed by atoms with Gasteiger partial charge in [0.25, 0.3) is 0 Å². The second kappa shape index (κ2) is 36.3. The molecule has 2 rings (SSSR count).